The number of aliphatic hydroxyl groups excluding tert-OH is 1. The number of carbonyl (C=O) groups excluding carboxylic acids is 2. The molecule has 0 bridgehead atoms. The Morgan fingerprint density at radius 1 is 0.917 bits per heavy atom. The first-order valence-corrected chi connectivity index (χ1v) is 10.8. The number of hydrogen-bond acceptors (Lipinski definition) is 6. The van der Waals surface area contributed by atoms with Crippen LogP contribution in [0.5, 0.6) is 17.2 Å². The lowest BCUT2D eigenvalue weighted by molar-refractivity contribution is -0.137. The molecule has 0 saturated carbocycles. The maximum atomic E-state index is 13.4. The van der Waals surface area contributed by atoms with E-state index in [0.29, 0.717) is 23.7 Å². The fourth-order valence-electron chi connectivity index (χ4n) is 4.25. The molecule has 1 atom stereocenters. The van der Waals surface area contributed by atoms with Crippen molar-refractivity contribution in [3.05, 3.63) is 89.0 Å². The Hall–Kier alpha value is -4.47. The average molecular weight is 497 g/mol. The first kappa shape index (κ1) is 23.3. The van der Waals surface area contributed by atoms with E-state index >= 15 is 0 Å². The number of phenolic OH excluding ortho intramolecular Hbond substituents is 1. The third-order valence-corrected chi connectivity index (χ3v) is 5.92. The van der Waals surface area contributed by atoms with Crippen molar-refractivity contribution in [2.75, 3.05) is 18.1 Å². The van der Waals surface area contributed by atoms with Gasteiger partial charge >= 0.3 is 6.18 Å². The Bertz CT molecular complexity index is 1400. The monoisotopic (exact) mass is 497 g/mol. The van der Waals surface area contributed by atoms with E-state index in [1.165, 1.54) is 42.5 Å². The fourth-order valence-corrected chi connectivity index (χ4v) is 4.25. The van der Waals surface area contributed by atoms with Gasteiger partial charge in [-0.15, -0.1) is 0 Å². The van der Waals surface area contributed by atoms with Crippen molar-refractivity contribution in [2.24, 2.45) is 0 Å². The molecule has 1 unspecified atom stereocenters. The van der Waals surface area contributed by atoms with E-state index < -0.39 is 35.2 Å². The number of halogens is 3. The predicted octanol–water partition coefficient (Wildman–Crippen LogP) is 4.81. The van der Waals surface area contributed by atoms with Gasteiger partial charge < -0.3 is 19.7 Å². The topological polar surface area (TPSA) is 96.3 Å². The van der Waals surface area contributed by atoms with Crippen molar-refractivity contribution >= 4 is 23.1 Å². The number of amides is 1. The van der Waals surface area contributed by atoms with E-state index in [4.69, 9.17) is 9.47 Å². The highest BCUT2D eigenvalue weighted by atomic mass is 19.4. The van der Waals surface area contributed by atoms with Crippen LogP contribution >= 0.6 is 0 Å². The van der Waals surface area contributed by atoms with Crippen molar-refractivity contribution in [1.82, 2.24) is 0 Å². The molecule has 5 rings (SSSR count). The maximum absolute atomic E-state index is 13.4. The number of alkyl halides is 3. The van der Waals surface area contributed by atoms with Gasteiger partial charge in [-0.3, -0.25) is 14.5 Å². The zero-order valence-electron chi connectivity index (χ0n) is 18.5. The Kier molecular flexibility index (Phi) is 5.58. The number of nitrogens with zero attached hydrogens (tertiary/aromatic N) is 1. The Morgan fingerprint density at radius 2 is 1.61 bits per heavy atom. The molecular weight excluding hydrogens is 479 g/mol. The minimum absolute atomic E-state index is 0.0957. The molecule has 2 heterocycles. The van der Waals surface area contributed by atoms with Gasteiger partial charge in [0.25, 0.3) is 11.7 Å². The maximum Gasteiger partial charge on any atom is 0.416 e. The molecule has 0 aliphatic carbocycles. The number of aromatic hydroxyl groups is 1. The molecule has 2 N–H and O–H groups in total. The lowest BCUT2D eigenvalue weighted by atomic mass is 9.95. The summed E-state index contributed by atoms with van der Waals surface area (Å²) in [5.41, 5.74) is -1.04. The number of anilines is 1. The van der Waals surface area contributed by atoms with Crippen LogP contribution in [-0.4, -0.2) is 35.1 Å². The molecule has 1 fully saturated rings. The molecule has 10 heteroatoms. The summed E-state index contributed by atoms with van der Waals surface area (Å²) in [7, 11) is 0. The Labute approximate surface area is 202 Å². The minimum atomic E-state index is -4.68. The second-order valence-electron chi connectivity index (χ2n) is 8.17. The largest absolute Gasteiger partial charge is 0.508 e. The number of benzene rings is 3. The van der Waals surface area contributed by atoms with Crippen molar-refractivity contribution in [2.45, 2.75) is 12.2 Å². The quantitative estimate of drug-likeness (QED) is 0.306. The molecule has 1 amide bonds. The Balaban J connectivity index is 1.69. The van der Waals surface area contributed by atoms with Gasteiger partial charge in [0.2, 0.25) is 0 Å². The summed E-state index contributed by atoms with van der Waals surface area (Å²) in [6.45, 7) is 0.631. The van der Waals surface area contributed by atoms with Crippen LogP contribution in [0.1, 0.15) is 22.7 Å². The molecule has 0 aromatic heterocycles. The summed E-state index contributed by atoms with van der Waals surface area (Å²) < 4.78 is 51.2. The second kappa shape index (κ2) is 8.63. The number of rotatable bonds is 3. The van der Waals surface area contributed by atoms with Gasteiger partial charge in [0.1, 0.15) is 24.7 Å². The number of fused-ring (bicyclic) bond motifs is 1. The van der Waals surface area contributed by atoms with Crippen LogP contribution in [0.15, 0.2) is 72.3 Å². The van der Waals surface area contributed by atoms with Crippen molar-refractivity contribution < 1.29 is 42.4 Å². The van der Waals surface area contributed by atoms with E-state index in [9.17, 15) is 33.0 Å². The first-order valence-electron chi connectivity index (χ1n) is 10.8. The molecule has 36 heavy (non-hydrogen) atoms. The van der Waals surface area contributed by atoms with Crippen molar-refractivity contribution in [1.29, 1.82) is 0 Å². The van der Waals surface area contributed by atoms with E-state index in [0.717, 1.165) is 23.1 Å². The zero-order chi connectivity index (χ0) is 25.6. The summed E-state index contributed by atoms with van der Waals surface area (Å²) >= 11 is 0. The number of carbonyl (C=O) groups is 2. The lowest BCUT2D eigenvalue weighted by Crippen LogP contribution is -2.29. The lowest BCUT2D eigenvalue weighted by Gasteiger charge is -2.26. The fraction of sp³-hybridized carbons (Fsp3) is 0.154. The molecule has 1 saturated heterocycles. The van der Waals surface area contributed by atoms with Gasteiger partial charge in [-0.2, -0.15) is 13.2 Å². The minimum Gasteiger partial charge on any atom is -0.508 e. The SMILES string of the molecule is O=C1C(=O)N(c2cccc(C(F)(F)F)c2)C(c2ccc(O)cc2)/C1=C(/O)c1ccc2c(c1)OCCO2. The predicted molar refractivity (Wildman–Crippen MR) is 122 cm³/mol. The van der Waals surface area contributed by atoms with E-state index in [2.05, 4.69) is 0 Å². The summed E-state index contributed by atoms with van der Waals surface area (Å²) in [6, 6.07) is 12.7. The highest BCUT2D eigenvalue weighted by molar-refractivity contribution is 6.51. The standard InChI is InChI=1S/C26H18F3NO6/c27-26(28,29)16-2-1-3-17(13-16)30-22(14-4-7-18(31)8-5-14)21(24(33)25(30)34)23(32)15-6-9-19-20(12-15)36-11-10-35-19/h1-9,12-13,22,31-32H,10-11H2/b23-21-. The third-order valence-electron chi connectivity index (χ3n) is 5.92. The van der Waals surface area contributed by atoms with Crippen LogP contribution < -0.4 is 14.4 Å². The highest BCUT2D eigenvalue weighted by Gasteiger charge is 2.47. The second-order valence-corrected chi connectivity index (χ2v) is 8.17. The molecule has 3 aromatic carbocycles. The molecular formula is C26H18F3NO6. The number of ketones is 1. The van der Waals surface area contributed by atoms with Crippen molar-refractivity contribution in [3.63, 3.8) is 0 Å². The van der Waals surface area contributed by atoms with Gasteiger partial charge in [0, 0.05) is 11.3 Å². The normalized spacial score (nSPS) is 19.0. The molecule has 7 nitrogen and oxygen atoms in total. The molecule has 2 aliphatic heterocycles. The average Bonchev–Trinajstić information content (AvgIpc) is 3.13. The van der Waals surface area contributed by atoms with Crippen LogP contribution in [0.2, 0.25) is 0 Å². The van der Waals surface area contributed by atoms with Crippen LogP contribution in [0.25, 0.3) is 5.76 Å². The smallest absolute Gasteiger partial charge is 0.416 e. The van der Waals surface area contributed by atoms with Gasteiger partial charge in [0.05, 0.1) is 17.2 Å². The van der Waals surface area contributed by atoms with Crippen molar-refractivity contribution in [3.8, 4) is 17.2 Å². The number of Topliss-reactive ketones (excluding diaryl/α,β-unsaturated/α-hetero) is 1. The van der Waals surface area contributed by atoms with Crippen LogP contribution in [0.4, 0.5) is 18.9 Å². The molecule has 184 valence electrons. The molecule has 0 spiro atoms. The van der Waals surface area contributed by atoms with Gasteiger partial charge in [-0.1, -0.05) is 18.2 Å². The van der Waals surface area contributed by atoms with E-state index in [-0.39, 0.29) is 29.2 Å². The first-order chi connectivity index (χ1) is 17.1. The van der Waals surface area contributed by atoms with Gasteiger partial charge in [-0.25, -0.2) is 0 Å². The summed E-state index contributed by atoms with van der Waals surface area (Å²) in [5, 5.41) is 20.9. The zero-order valence-corrected chi connectivity index (χ0v) is 18.5. The highest BCUT2D eigenvalue weighted by Crippen LogP contribution is 2.44. The summed E-state index contributed by atoms with van der Waals surface area (Å²) in [4.78, 5) is 27.3. The Morgan fingerprint density at radius 3 is 2.31 bits per heavy atom. The van der Waals surface area contributed by atoms with Gasteiger partial charge in [-0.05, 0) is 54.1 Å². The van der Waals surface area contributed by atoms with E-state index in [1.807, 2.05) is 0 Å². The van der Waals surface area contributed by atoms with Gasteiger partial charge in [0.15, 0.2) is 11.5 Å². The number of ether oxygens (including phenoxy) is 2. The molecule has 0 radical (unpaired) electrons. The number of aliphatic hydroxyl groups is 1. The number of hydrogen-bond donors (Lipinski definition) is 2. The van der Waals surface area contributed by atoms with E-state index in [1.54, 1.807) is 6.07 Å². The molecule has 3 aromatic rings. The summed E-state index contributed by atoms with van der Waals surface area (Å²) in [5.74, 6) is -2.03. The van der Waals surface area contributed by atoms with Crippen LogP contribution in [0.3, 0.4) is 0 Å². The summed E-state index contributed by atoms with van der Waals surface area (Å²) in [6.07, 6.45) is -4.68. The molecule has 2 aliphatic rings. The number of phenols is 1. The third kappa shape index (κ3) is 4.00. The van der Waals surface area contributed by atoms with Crippen LogP contribution in [-0.2, 0) is 15.8 Å². The van der Waals surface area contributed by atoms with Crippen LogP contribution in [0, 0.1) is 0 Å².